The van der Waals surface area contributed by atoms with Crippen LogP contribution in [0, 0.1) is 0 Å². The van der Waals surface area contributed by atoms with Crippen molar-refractivity contribution in [2.24, 2.45) is 5.16 Å². The van der Waals surface area contributed by atoms with E-state index in [1.54, 1.807) is 60.7 Å². The summed E-state index contributed by atoms with van der Waals surface area (Å²) in [6, 6.07) is 19.0. The van der Waals surface area contributed by atoms with Crippen LogP contribution in [0.4, 0.5) is 0 Å². The van der Waals surface area contributed by atoms with Crippen molar-refractivity contribution in [2.75, 3.05) is 13.1 Å². The molecule has 0 amide bonds. The van der Waals surface area contributed by atoms with E-state index in [0.717, 1.165) is 0 Å². The maximum Gasteiger partial charge on any atom is 0.365 e. The molecular formula is C22H22N2O4S. The van der Waals surface area contributed by atoms with Gasteiger partial charge in [-0.2, -0.15) is 4.31 Å². The van der Waals surface area contributed by atoms with Gasteiger partial charge in [0, 0.05) is 24.0 Å². The van der Waals surface area contributed by atoms with E-state index in [0.29, 0.717) is 35.0 Å². The molecule has 6 nitrogen and oxygen atoms in total. The number of nitrogens with zero attached hydrogens (tertiary/aromatic N) is 2. The van der Waals surface area contributed by atoms with Gasteiger partial charge >= 0.3 is 5.97 Å². The molecule has 3 rings (SSSR count). The molecule has 29 heavy (non-hydrogen) atoms. The predicted octanol–water partition coefficient (Wildman–Crippen LogP) is 4.06. The summed E-state index contributed by atoms with van der Waals surface area (Å²) in [6.45, 7) is 4.41. The molecule has 0 bridgehead atoms. The quantitative estimate of drug-likeness (QED) is 0.334. The van der Waals surface area contributed by atoms with E-state index in [9.17, 15) is 13.2 Å². The van der Waals surface area contributed by atoms with Gasteiger partial charge in [-0.25, -0.2) is 13.2 Å². The Labute approximate surface area is 170 Å². The molecule has 0 heterocycles. The summed E-state index contributed by atoms with van der Waals surface area (Å²) < 4.78 is 27.4. The Hall–Kier alpha value is -3.03. The van der Waals surface area contributed by atoms with E-state index in [-0.39, 0.29) is 4.90 Å². The molecule has 0 aromatic heterocycles. The Kier molecular flexibility index (Phi) is 6.41. The molecule has 0 aliphatic rings. The monoisotopic (exact) mass is 410 g/mol. The summed E-state index contributed by atoms with van der Waals surface area (Å²) in [7, 11) is -3.61. The van der Waals surface area contributed by atoms with Gasteiger partial charge in [-0.3, -0.25) is 0 Å². The lowest BCUT2D eigenvalue weighted by Gasteiger charge is -2.19. The molecule has 3 aromatic carbocycles. The fourth-order valence-electron chi connectivity index (χ4n) is 3.10. The van der Waals surface area contributed by atoms with Gasteiger partial charge in [-0.05, 0) is 23.6 Å². The first-order valence-electron chi connectivity index (χ1n) is 9.30. The van der Waals surface area contributed by atoms with Crippen LogP contribution in [0.15, 0.2) is 76.8 Å². The topological polar surface area (TPSA) is 76.0 Å². The molecule has 0 aliphatic carbocycles. The van der Waals surface area contributed by atoms with Crippen molar-refractivity contribution in [3.05, 3.63) is 77.9 Å². The lowest BCUT2D eigenvalue weighted by Crippen LogP contribution is -2.30. The molecule has 7 heteroatoms. The zero-order valence-electron chi connectivity index (χ0n) is 16.3. The van der Waals surface area contributed by atoms with E-state index in [4.69, 9.17) is 4.84 Å². The Morgan fingerprint density at radius 1 is 0.931 bits per heavy atom. The SMILES string of the molecule is CCN(CC)S(=O)(=O)c1cccc2c(/C=N/OC(=O)c3ccccc3)cccc12. The number of rotatable bonds is 7. The Morgan fingerprint density at radius 2 is 1.59 bits per heavy atom. The van der Waals surface area contributed by atoms with Crippen molar-refractivity contribution in [2.45, 2.75) is 18.7 Å². The van der Waals surface area contributed by atoms with Crippen molar-refractivity contribution < 1.29 is 18.0 Å². The van der Waals surface area contributed by atoms with Crippen molar-refractivity contribution in [1.29, 1.82) is 0 Å². The largest absolute Gasteiger partial charge is 0.365 e. The van der Waals surface area contributed by atoms with E-state index < -0.39 is 16.0 Å². The average Bonchev–Trinajstić information content (AvgIpc) is 2.74. The summed E-state index contributed by atoms with van der Waals surface area (Å²) in [5, 5.41) is 5.10. The Bertz CT molecular complexity index is 1140. The van der Waals surface area contributed by atoms with Gasteiger partial charge in [0.05, 0.1) is 16.7 Å². The molecular weight excluding hydrogens is 388 g/mol. The fraction of sp³-hybridized carbons (Fsp3) is 0.182. The van der Waals surface area contributed by atoms with Gasteiger partial charge in [-0.1, -0.05) is 67.5 Å². The third-order valence-electron chi connectivity index (χ3n) is 4.58. The second kappa shape index (κ2) is 8.98. The summed E-state index contributed by atoms with van der Waals surface area (Å²) in [4.78, 5) is 17.2. The van der Waals surface area contributed by atoms with Crippen molar-refractivity contribution in [3.8, 4) is 0 Å². The molecule has 0 atom stereocenters. The first-order chi connectivity index (χ1) is 14.0. The van der Waals surface area contributed by atoms with Gasteiger partial charge in [0.25, 0.3) is 0 Å². The number of sulfonamides is 1. The van der Waals surface area contributed by atoms with Gasteiger partial charge < -0.3 is 4.84 Å². The maximum absolute atomic E-state index is 13.0. The number of hydrogen-bond acceptors (Lipinski definition) is 5. The van der Waals surface area contributed by atoms with Crippen LogP contribution in [-0.2, 0) is 14.9 Å². The standard InChI is InChI=1S/C22H22N2O4S/c1-3-24(4-2)29(26,27)21-15-9-13-19-18(12-8-14-20(19)21)16-23-28-22(25)17-10-6-5-7-11-17/h5-16H,3-4H2,1-2H3/b23-16+. The number of hydrogen-bond donors (Lipinski definition) is 0. The minimum Gasteiger partial charge on any atom is -0.313 e. The number of carbonyl (C=O) groups is 1. The van der Waals surface area contributed by atoms with Crippen LogP contribution in [0.5, 0.6) is 0 Å². The van der Waals surface area contributed by atoms with Crippen LogP contribution in [0.2, 0.25) is 0 Å². The lowest BCUT2D eigenvalue weighted by molar-refractivity contribution is 0.0519. The van der Waals surface area contributed by atoms with Crippen LogP contribution in [0.3, 0.4) is 0 Å². The molecule has 0 saturated heterocycles. The minimum atomic E-state index is -3.61. The van der Waals surface area contributed by atoms with Crippen molar-refractivity contribution in [1.82, 2.24) is 4.31 Å². The predicted molar refractivity (Wildman–Crippen MR) is 114 cm³/mol. The molecule has 0 saturated carbocycles. The van der Waals surface area contributed by atoms with Gasteiger partial charge in [0.1, 0.15) is 0 Å². The molecule has 0 N–H and O–H groups in total. The summed E-state index contributed by atoms with van der Waals surface area (Å²) in [6.07, 6.45) is 1.41. The van der Waals surface area contributed by atoms with Crippen LogP contribution < -0.4 is 0 Å². The molecule has 0 fully saturated rings. The highest BCUT2D eigenvalue weighted by Crippen LogP contribution is 2.27. The van der Waals surface area contributed by atoms with Crippen LogP contribution >= 0.6 is 0 Å². The number of fused-ring (bicyclic) bond motifs is 1. The van der Waals surface area contributed by atoms with Gasteiger partial charge in [-0.15, -0.1) is 0 Å². The maximum atomic E-state index is 13.0. The Morgan fingerprint density at radius 3 is 2.28 bits per heavy atom. The molecule has 0 aliphatic heterocycles. The van der Waals surface area contributed by atoms with Gasteiger partial charge in [0.2, 0.25) is 10.0 Å². The second-order valence-electron chi connectivity index (χ2n) is 6.27. The van der Waals surface area contributed by atoms with E-state index in [2.05, 4.69) is 5.16 Å². The van der Waals surface area contributed by atoms with Crippen LogP contribution in [-0.4, -0.2) is 38.0 Å². The second-order valence-corrected chi connectivity index (χ2v) is 8.17. The number of benzene rings is 3. The molecule has 0 spiro atoms. The van der Waals surface area contributed by atoms with Crippen LogP contribution in [0.1, 0.15) is 29.8 Å². The average molecular weight is 410 g/mol. The lowest BCUT2D eigenvalue weighted by atomic mass is 10.1. The fourth-order valence-corrected chi connectivity index (χ4v) is 4.77. The third-order valence-corrected chi connectivity index (χ3v) is 6.68. The smallest absolute Gasteiger partial charge is 0.313 e. The molecule has 0 radical (unpaired) electrons. The highest BCUT2D eigenvalue weighted by molar-refractivity contribution is 7.89. The van der Waals surface area contributed by atoms with E-state index in [1.165, 1.54) is 10.5 Å². The highest BCUT2D eigenvalue weighted by Gasteiger charge is 2.23. The third kappa shape index (κ3) is 4.36. The number of oxime groups is 1. The normalized spacial score (nSPS) is 12.0. The number of carbonyl (C=O) groups excluding carboxylic acids is 1. The van der Waals surface area contributed by atoms with E-state index >= 15 is 0 Å². The highest BCUT2D eigenvalue weighted by atomic mass is 32.2. The van der Waals surface area contributed by atoms with E-state index in [1.807, 2.05) is 19.9 Å². The zero-order chi connectivity index (χ0) is 20.9. The Balaban J connectivity index is 1.94. The van der Waals surface area contributed by atoms with Crippen molar-refractivity contribution >= 4 is 33.0 Å². The molecule has 150 valence electrons. The zero-order valence-corrected chi connectivity index (χ0v) is 17.1. The minimum absolute atomic E-state index is 0.246. The summed E-state index contributed by atoms with van der Waals surface area (Å²) >= 11 is 0. The first-order valence-corrected chi connectivity index (χ1v) is 10.7. The van der Waals surface area contributed by atoms with Crippen LogP contribution in [0.25, 0.3) is 10.8 Å². The molecule has 0 unspecified atom stereocenters. The summed E-state index contributed by atoms with van der Waals surface area (Å²) in [5.74, 6) is -0.563. The van der Waals surface area contributed by atoms with Crippen molar-refractivity contribution in [3.63, 3.8) is 0 Å². The molecule has 3 aromatic rings. The first kappa shape index (κ1) is 20.7. The van der Waals surface area contributed by atoms with Gasteiger partial charge in [0.15, 0.2) is 0 Å². The summed E-state index contributed by atoms with van der Waals surface area (Å²) in [5.41, 5.74) is 1.05.